The van der Waals surface area contributed by atoms with Crippen LogP contribution in [0.3, 0.4) is 0 Å². The molecule has 0 bridgehead atoms. The van der Waals surface area contributed by atoms with Gasteiger partial charge in [0.25, 0.3) is 0 Å². The van der Waals surface area contributed by atoms with E-state index in [1.807, 2.05) is 18.2 Å². The summed E-state index contributed by atoms with van der Waals surface area (Å²) in [6.07, 6.45) is 3.22. The standard InChI is InChI=1S/C21H23FN4O/c1-27-19-8-4-17(5-9-19)11-13-24-21-14-20(25-15-26-21)23-12-10-16-2-6-18(22)7-3-16/h2-9,14-15H,10-13H2,1H3,(H2,23,24,25,26). The smallest absolute Gasteiger partial charge is 0.131 e. The molecule has 0 amide bonds. The van der Waals surface area contributed by atoms with Gasteiger partial charge in [0.2, 0.25) is 0 Å². The number of aromatic nitrogens is 2. The number of hydrogen-bond donors (Lipinski definition) is 2. The predicted molar refractivity (Wildman–Crippen MR) is 106 cm³/mol. The van der Waals surface area contributed by atoms with Crippen molar-refractivity contribution in [2.45, 2.75) is 12.8 Å². The Balaban J connectivity index is 1.44. The number of anilines is 2. The molecule has 2 N–H and O–H groups in total. The fraction of sp³-hybridized carbons (Fsp3) is 0.238. The molecule has 1 aromatic heterocycles. The number of benzene rings is 2. The van der Waals surface area contributed by atoms with E-state index in [1.165, 1.54) is 24.0 Å². The van der Waals surface area contributed by atoms with E-state index in [4.69, 9.17) is 4.74 Å². The number of hydrogen-bond acceptors (Lipinski definition) is 5. The van der Waals surface area contributed by atoms with Crippen LogP contribution in [-0.2, 0) is 12.8 Å². The summed E-state index contributed by atoms with van der Waals surface area (Å²) in [4.78, 5) is 8.48. The normalized spacial score (nSPS) is 10.4. The maximum atomic E-state index is 12.9. The summed E-state index contributed by atoms with van der Waals surface area (Å²) in [6, 6.07) is 16.5. The van der Waals surface area contributed by atoms with Crippen LogP contribution in [0.15, 0.2) is 60.9 Å². The molecule has 0 saturated heterocycles. The molecule has 0 saturated carbocycles. The summed E-state index contributed by atoms with van der Waals surface area (Å²) in [7, 11) is 1.66. The lowest BCUT2D eigenvalue weighted by molar-refractivity contribution is 0.414. The number of nitrogens with one attached hydrogen (secondary N) is 2. The zero-order valence-electron chi connectivity index (χ0n) is 15.3. The minimum Gasteiger partial charge on any atom is -0.497 e. The molecule has 0 atom stereocenters. The van der Waals surface area contributed by atoms with Gasteiger partial charge < -0.3 is 15.4 Å². The van der Waals surface area contributed by atoms with E-state index in [0.717, 1.165) is 42.3 Å². The van der Waals surface area contributed by atoms with Crippen LogP contribution in [0.25, 0.3) is 0 Å². The van der Waals surface area contributed by atoms with Crippen molar-refractivity contribution in [2.24, 2.45) is 0 Å². The molecule has 1 heterocycles. The molecule has 0 unspecified atom stereocenters. The Morgan fingerprint density at radius 2 is 1.33 bits per heavy atom. The summed E-state index contributed by atoms with van der Waals surface area (Å²) in [5.41, 5.74) is 2.31. The van der Waals surface area contributed by atoms with Crippen molar-refractivity contribution in [1.82, 2.24) is 9.97 Å². The zero-order chi connectivity index (χ0) is 18.9. The third-order valence-corrected chi connectivity index (χ3v) is 4.18. The summed E-state index contributed by atoms with van der Waals surface area (Å²) in [5.74, 6) is 2.19. The third kappa shape index (κ3) is 5.95. The molecule has 0 aliphatic carbocycles. The molecule has 0 spiro atoms. The van der Waals surface area contributed by atoms with Gasteiger partial charge in [-0.05, 0) is 48.2 Å². The molecule has 0 radical (unpaired) electrons. The Bertz CT molecular complexity index is 838. The second kappa shape index (κ2) is 9.52. The molecule has 140 valence electrons. The van der Waals surface area contributed by atoms with Gasteiger partial charge in [0, 0.05) is 19.2 Å². The van der Waals surface area contributed by atoms with Gasteiger partial charge in [-0.25, -0.2) is 14.4 Å². The number of halogens is 1. The fourth-order valence-corrected chi connectivity index (χ4v) is 2.66. The Hall–Kier alpha value is -3.15. The van der Waals surface area contributed by atoms with Gasteiger partial charge in [-0.3, -0.25) is 0 Å². The van der Waals surface area contributed by atoms with E-state index in [9.17, 15) is 4.39 Å². The van der Waals surface area contributed by atoms with E-state index in [-0.39, 0.29) is 5.82 Å². The van der Waals surface area contributed by atoms with Crippen LogP contribution in [0.1, 0.15) is 11.1 Å². The Kier molecular flexibility index (Phi) is 6.57. The minimum absolute atomic E-state index is 0.215. The van der Waals surface area contributed by atoms with Crippen LogP contribution in [0.5, 0.6) is 5.75 Å². The average Bonchev–Trinajstić information content (AvgIpc) is 2.70. The molecule has 5 nitrogen and oxygen atoms in total. The summed E-state index contributed by atoms with van der Waals surface area (Å²) >= 11 is 0. The van der Waals surface area contributed by atoms with Crippen molar-refractivity contribution in [3.05, 3.63) is 77.9 Å². The first-order valence-electron chi connectivity index (χ1n) is 8.90. The molecule has 3 aromatic rings. The molecule has 2 aromatic carbocycles. The van der Waals surface area contributed by atoms with Gasteiger partial charge in [0.1, 0.15) is 29.5 Å². The lowest BCUT2D eigenvalue weighted by Crippen LogP contribution is -2.09. The monoisotopic (exact) mass is 366 g/mol. The zero-order valence-corrected chi connectivity index (χ0v) is 15.3. The second-order valence-electron chi connectivity index (χ2n) is 6.12. The van der Waals surface area contributed by atoms with E-state index in [0.29, 0.717) is 6.54 Å². The number of rotatable bonds is 9. The largest absolute Gasteiger partial charge is 0.497 e. The van der Waals surface area contributed by atoms with Crippen molar-refractivity contribution in [2.75, 3.05) is 30.8 Å². The SMILES string of the molecule is COc1ccc(CCNc2cc(NCCc3ccc(F)cc3)ncn2)cc1. The van der Waals surface area contributed by atoms with Crippen molar-refractivity contribution >= 4 is 11.6 Å². The van der Waals surface area contributed by atoms with Gasteiger partial charge >= 0.3 is 0 Å². The lowest BCUT2D eigenvalue weighted by Gasteiger charge is -2.09. The molecule has 0 fully saturated rings. The van der Waals surface area contributed by atoms with E-state index >= 15 is 0 Å². The van der Waals surface area contributed by atoms with E-state index in [1.54, 1.807) is 19.2 Å². The number of ether oxygens (including phenoxy) is 1. The van der Waals surface area contributed by atoms with Crippen LogP contribution >= 0.6 is 0 Å². The van der Waals surface area contributed by atoms with Crippen LogP contribution < -0.4 is 15.4 Å². The molecule has 0 aliphatic heterocycles. The van der Waals surface area contributed by atoms with E-state index < -0.39 is 0 Å². The number of nitrogens with zero attached hydrogens (tertiary/aromatic N) is 2. The maximum absolute atomic E-state index is 12.9. The lowest BCUT2D eigenvalue weighted by atomic mass is 10.1. The summed E-state index contributed by atoms with van der Waals surface area (Å²) < 4.78 is 18.1. The maximum Gasteiger partial charge on any atom is 0.131 e. The molecule has 27 heavy (non-hydrogen) atoms. The topological polar surface area (TPSA) is 59.1 Å². The molecule has 6 heteroatoms. The quantitative estimate of drug-likeness (QED) is 0.601. The van der Waals surface area contributed by atoms with Gasteiger partial charge in [-0.15, -0.1) is 0 Å². The van der Waals surface area contributed by atoms with Gasteiger partial charge in [-0.1, -0.05) is 24.3 Å². The minimum atomic E-state index is -0.215. The van der Waals surface area contributed by atoms with Crippen LogP contribution in [-0.4, -0.2) is 30.2 Å². The highest BCUT2D eigenvalue weighted by Crippen LogP contribution is 2.13. The first kappa shape index (κ1) is 18.6. The first-order valence-corrected chi connectivity index (χ1v) is 8.90. The second-order valence-corrected chi connectivity index (χ2v) is 6.12. The van der Waals surface area contributed by atoms with E-state index in [2.05, 4.69) is 32.7 Å². The van der Waals surface area contributed by atoms with Crippen LogP contribution in [0, 0.1) is 5.82 Å². The molecule has 0 aliphatic rings. The van der Waals surface area contributed by atoms with Crippen LogP contribution in [0.2, 0.25) is 0 Å². The number of methoxy groups -OCH3 is 1. The van der Waals surface area contributed by atoms with Gasteiger partial charge in [0.05, 0.1) is 7.11 Å². The molecular weight excluding hydrogens is 343 g/mol. The highest BCUT2D eigenvalue weighted by molar-refractivity contribution is 5.46. The van der Waals surface area contributed by atoms with Crippen molar-refractivity contribution in [3.63, 3.8) is 0 Å². The van der Waals surface area contributed by atoms with Crippen LogP contribution in [0.4, 0.5) is 16.0 Å². The average molecular weight is 366 g/mol. The van der Waals surface area contributed by atoms with Gasteiger partial charge in [0.15, 0.2) is 0 Å². The highest BCUT2D eigenvalue weighted by atomic mass is 19.1. The summed E-state index contributed by atoms with van der Waals surface area (Å²) in [6.45, 7) is 1.49. The molecular formula is C21H23FN4O. The predicted octanol–water partition coefficient (Wildman–Crippen LogP) is 3.93. The Morgan fingerprint density at radius 1 is 0.815 bits per heavy atom. The van der Waals surface area contributed by atoms with Crippen molar-refractivity contribution in [3.8, 4) is 5.75 Å². The first-order chi connectivity index (χ1) is 13.2. The summed E-state index contributed by atoms with van der Waals surface area (Å²) in [5, 5.41) is 6.58. The highest BCUT2D eigenvalue weighted by Gasteiger charge is 2.00. The Morgan fingerprint density at radius 3 is 1.85 bits per heavy atom. The van der Waals surface area contributed by atoms with Crippen molar-refractivity contribution < 1.29 is 9.13 Å². The molecule has 3 rings (SSSR count). The third-order valence-electron chi connectivity index (χ3n) is 4.18. The Labute approximate surface area is 158 Å². The van der Waals surface area contributed by atoms with Gasteiger partial charge in [-0.2, -0.15) is 0 Å². The fourth-order valence-electron chi connectivity index (χ4n) is 2.66. The van der Waals surface area contributed by atoms with Crippen molar-refractivity contribution in [1.29, 1.82) is 0 Å².